The van der Waals surface area contributed by atoms with Crippen molar-refractivity contribution < 1.29 is 4.74 Å². The second kappa shape index (κ2) is 6.06. The number of hydrogen-bond acceptors (Lipinski definition) is 3. The molecule has 0 aliphatic carbocycles. The summed E-state index contributed by atoms with van der Waals surface area (Å²) in [6.45, 7) is 2.04. The summed E-state index contributed by atoms with van der Waals surface area (Å²) in [5, 5.41) is 0.698. The van der Waals surface area contributed by atoms with Crippen LogP contribution in [0.4, 0.5) is 0 Å². The first-order valence-electron chi connectivity index (χ1n) is 6.02. The lowest BCUT2D eigenvalue weighted by atomic mass is 9.95. The Labute approximate surface area is 118 Å². The molecule has 0 fully saturated rings. The van der Waals surface area contributed by atoms with Crippen LogP contribution in [0.3, 0.4) is 0 Å². The minimum Gasteiger partial charge on any atom is -0.497 e. The van der Waals surface area contributed by atoms with E-state index in [-0.39, 0.29) is 6.04 Å². The van der Waals surface area contributed by atoms with Gasteiger partial charge in [-0.25, -0.2) is 5.43 Å². The fourth-order valence-corrected chi connectivity index (χ4v) is 2.29. The summed E-state index contributed by atoms with van der Waals surface area (Å²) >= 11 is 6.07. The second-order valence-corrected chi connectivity index (χ2v) is 4.81. The fraction of sp³-hybridized carbons (Fsp3) is 0.200. The molecule has 3 N–H and O–H groups in total. The Morgan fingerprint density at radius 3 is 2.68 bits per heavy atom. The number of ether oxygens (including phenoxy) is 1. The summed E-state index contributed by atoms with van der Waals surface area (Å²) in [5.74, 6) is 6.52. The fourth-order valence-electron chi connectivity index (χ4n) is 2.11. The molecule has 2 rings (SSSR count). The number of methoxy groups -OCH3 is 1. The van der Waals surface area contributed by atoms with Gasteiger partial charge in [-0.1, -0.05) is 29.8 Å². The zero-order valence-electron chi connectivity index (χ0n) is 11.0. The van der Waals surface area contributed by atoms with E-state index >= 15 is 0 Å². The molecule has 0 amide bonds. The average Bonchev–Trinajstić information content (AvgIpc) is 2.44. The van der Waals surface area contributed by atoms with Gasteiger partial charge in [0.2, 0.25) is 0 Å². The molecule has 19 heavy (non-hydrogen) atoms. The minimum atomic E-state index is -0.117. The van der Waals surface area contributed by atoms with Crippen molar-refractivity contribution in [2.24, 2.45) is 5.84 Å². The molecule has 0 bridgehead atoms. The van der Waals surface area contributed by atoms with Crippen molar-refractivity contribution >= 4 is 11.6 Å². The first kappa shape index (κ1) is 13.9. The zero-order valence-corrected chi connectivity index (χ0v) is 11.7. The maximum absolute atomic E-state index is 6.07. The van der Waals surface area contributed by atoms with Gasteiger partial charge in [-0.2, -0.15) is 0 Å². The molecule has 3 nitrogen and oxygen atoms in total. The molecule has 0 aliphatic heterocycles. The molecule has 2 aromatic rings. The molecule has 0 saturated heterocycles. The second-order valence-electron chi connectivity index (χ2n) is 4.38. The summed E-state index contributed by atoms with van der Waals surface area (Å²) in [5.41, 5.74) is 6.07. The van der Waals surface area contributed by atoms with Crippen LogP contribution in [0.1, 0.15) is 22.7 Å². The van der Waals surface area contributed by atoms with Crippen LogP contribution in [0.2, 0.25) is 5.02 Å². The largest absolute Gasteiger partial charge is 0.497 e. The van der Waals surface area contributed by atoms with Crippen LogP contribution in [-0.4, -0.2) is 7.11 Å². The molecule has 4 heteroatoms. The molecule has 0 aliphatic rings. The number of aryl methyl sites for hydroxylation is 1. The topological polar surface area (TPSA) is 47.3 Å². The highest BCUT2D eigenvalue weighted by molar-refractivity contribution is 6.30. The maximum Gasteiger partial charge on any atom is 0.119 e. The van der Waals surface area contributed by atoms with E-state index in [4.69, 9.17) is 22.2 Å². The summed E-state index contributed by atoms with van der Waals surface area (Å²) in [7, 11) is 1.65. The van der Waals surface area contributed by atoms with Gasteiger partial charge in [-0.3, -0.25) is 5.84 Å². The van der Waals surface area contributed by atoms with Crippen LogP contribution >= 0.6 is 11.6 Å². The van der Waals surface area contributed by atoms with Gasteiger partial charge in [0.05, 0.1) is 13.2 Å². The Morgan fingerprint density at radius 1 is 1.21 bits per heavy atom. The molecule has 1 atom stereocenters. The number of hydrogen-bond donors (Lipinski definition) is 2. The third-order valence-corrected chi connectivity index (χ3v) is 3.38. The van der Waals surface area contributed by atoms with E-state index in [1.165, 1.54) is 0 Å². The molecule has 1 unspecified atom stereocenters. The van der Waals surface area contributed by atoms with E-state index in [0.29, 0.717) is 5.02 Å². The molecular weight excluding hydrogens is 260 g/mol. The van der Waals surface area contributed by atoms with Crippen molar-refractivity contribution in [1.82, 2.24) is 5.43 Å². The Kier molecular flexibility index (Phi) is 4.43. The summed E-state index contributed by atoms with van der Waals surface area (Å²) < 4.78 is 5.24. The lowest BCUT2D eigenvalue weighted by molar-refractivity contribution is 0.413. The van der Waals surface area contributed by atoms with E-state index in [0.717, 1.165) is 22.4 Å². The Balaban J connectivity index is 2.46. The number of halogens is 1. The minimum absolute atomic E-state index is 0.117. The SMILES string of the molecule is COc1cccc(C(NN)c2cc(Cl)ccc2C)c1. The molecule has 0 heterocycles. The Hall–Kier alpha value is -1.55. The third kappa shape index (κ3) is 3.07. The number of rotatable bonds is 4. The standard InChI is InChI=1S/C15H17ClN2O/c1-10-6-7-12(16)9-14(10)15(18-17)11-4-3-5-13(8-11)19-2/h3-9,15,18H,17H2,1-2H3. The summed E-state index contributed by atoms with van der Waals surface area (Å²) in [6.07, 6.45) is 0. The van der Waals surface area contributed by atoms with Crippen LogP contribution in [-0.2, 0) is 0 Å². The number of nitrogens with two attached hydrogens (primary N) is 1. The third-order valence-electron chi connectivity index (χ3n) is 3.15. The molecule has 0 radical (unpaired) electrons. The predicted molar refractivity (Wildman–Crippen MR) is 78.3 cm³/mol. The first-order valence-corrected chi connectivity index (χ1v) is 6.39. The Morgan fingerprint density at radius 2 is 2.00 bits per heavy atom. The predicted octanol–water partition coefficient (Wildman–Crippen LogP) is 3.21. The Bertz CT molecular complexity index is 572. The van der Waals surface area contributed by atoms with E-state index in [2.05, 4.69) is 5.43 Å². The van der Waals surface area contributed by atoms with Crippen LogP contribution in [0.25, 0.3) is 0 Å². The monoisotopic (exact) mass is 276 g/mol. The lowest BCUT2D eigenvalue weighted by Gasteiger charge is -2.20. The van der Waals surface area contributed by atoms with Gasteiger partial charge >= 0.3 is 0 Å². The normalized spacial score (nSPS) is 12.2. The highest BCUT2D eigenvalue weighted by atomic mass is 35.5. The van der Waals surface area contributed by atoms with E-state index in [1.54, 1.807) is 7.11 Å². The molecule has 0 spiro atoms. The molecular formula is C15H17ClN2O. The number of benzene rings is 2. The quantitative estimate of drug-likeness (QED) is 0.666. The smallest absolute Gasteiger partial charge is 0.119 e. The maximum atomic E-state index is 6.07. The molecule has 2 aromatic carbocycles. The van der Waals surface area contributed by atoms with E-state index in [1.807, 2.05) is 49.4 Å². The van der Waals surface area contributed by atoms with Gasteiger partial charge in [-0.05, 0) is 47.9 Å². The molecule has 0 saturated carbocycles. The van der Waals surface area contributed by atoms with Crippen LogP contribution in [0.5, 0.6) is 5.75 Å². The van der Waals surface area contributed by atoms with E-state index in [9.17, 15) is 0 Å². The van der Waals surface area contributed by atoms with Crippen molar-refractivity contribution in [2.75, 3.05) is 7.11 Å². The van der Waals surface area contributed by atoms with Crippen molar-refractivity contribution in [3.05, 3.63) is 64.2 Å². The first-order chi connectivity index (χ1) is 9.15. The van der Waals surface area contributed by atoms with Gasteiger partial charge in [0.25, 0.3) is 0 Å². The average molecular weight is 277 g/mol. The van der Waals surface area contributed by atoms with Gasteiger partial charge < -0.3 is 4.74 Å². The van der Waals surface area contributed by atoms with Gasteiger partial charge in [-0.15, -0.1) is 0 Å². The summed E-state index contributed by atoms with van der Waals surface area (Å²) in [4.78, 5) is 0. The van der Waals surface area contributed by atoms with Gasteiger partial charge in [0.1, 0.15) is 5.75 Å². The van der Waals surface area contributed by atoms with Crippen molar-refractivity contribution in [1.29, 1.82) is 0 Å². The van der Waals surface area contributed by atoms with Gasteiger partial charge in [0.15, 0.2) is 0 Å². The summed E-state index contributed by atoms with van der Waals surface area (Å²) in [6, 6.07) is 13.5. The lowest BCUT2D eigenvalue weighted by Crippen LogP contribution is -2.29. The van der Waals surface area contributed by atoms with Crippen LogP contribution in [0.15, 0.2) is 42.5 Å². The van der Waals surface area contributed by atoms with Crippen molar-refractivity contribution in [2.45, 2.75) is 13.0 Å². The molecule has 100 valence electrons. The number of nitrogens with one attached hydrogen (secondary N) is 1. The molecule has 0 aromatic heterocycles. The van der Waals surface area contributed by atoms with E-state index < -0.39 is 0 Å². The number of hydrazine groups is 1. The van der Waals surface area contributed by atoms with Crippen LogP contribution < -0.4 is 16.0 Å². The van der Waals surface area contributed by atoms with Crippen molar-refractivity contribution in [3.8, 4) is 5.75 Å². The zero-order chi connectivity index (χ0) is 13.8. The highest BCUT2D eigenvalue weighted by Crippen LogP contribution is 2.28. The van der Waals surface area contributed by atoms with Crippen molar-refractivity contribution in [3.63, 3.8) is 0 Å². The van der Waals surface area contributed by atoms with Gasteiger partial charge in [0, 0.05) is 5.02 Å². The highest BCUT2D eigenvalue weighted by Gasteiger charge is 2.15. The van der Waals surface area contributed by atoms with Crippen LogP contribution in [0, 0.1) is 6.92 Å².